The average molecular weight is 224 g/mol. The van der Waals surface area contributed by atoms with Crippen LogP contribution in [-0.4, -0.2) is 14.5 Å². The number of pyridine rings is 1. The van der Waals surface area contributed by atoms with E-state index in [2.05, 4.69) is 24.0 Å². The van der Waals surface area contributed by atoms with Gasteiger partial charge in [-0.3, -0.25) is 0 Å². The van der Waals surface area contributed by atoms with Gasteiger partial charge in [0.15, 0.2) is 0 Å². The van der Waals surface area contributed by atoms with E-state index in [1.807, 2.05) is 22.7 Å². The van der Waals surface area contributed by atoms with E-state index in [4.69, 9.17) is 0 Å². The molecule has 0 bridgehead atoms. The number of aromatic nitrogens is 2. The van der Waals surface area contributed by atoms with E-state index < -0.39 is 0 Å². The predicted octanol–water partition coefficient (Wildman–Crippen LogP) is 3.02. The van der Waals surface area contributed by atoms with Gasteiger partial charge in [-0.15, -0.1) is 0 Å². The summed E-state index contributed by atoms with van der Waals surface area (Å²) in [5.41, 5.74) is 4.07. The Morgan fingerprint density at radius 1 is 1.06 bits per heavy atom. The largest absolute Gasteiger partial charge is 0.506 e. The normalized spacial score (nSPS) is 10.9. The zero-order chi connectivity index (χ0) is 11.8. The van der Waals surface area contributed by atoms with Crippen LogP contribution in [0.5, 0.6) is 5.75 Å². The highest BCUT2D eigenvalue weighted by atomic mass is 16.3. The fourth-order valence-corrected chi connectivity index (χ4v) is 1.97. The molecule has 3 heteroatoms. The van der Waals surface area contributed by atoms with Gasteiger partial charge in [-0.25, -0.2) is 4.98 Å². The van der Waals surface area contributed by atoms with E-state index in [0.29, 0.717) is 0 Å². The van der Waals surface area contributed by atoms with Crippen LogP contribution >= 0.6 is 0 Å². The number of benzene rings is 1. The Balaban J connectivity index is 2.22. The van der Waals surface area contributed by atoms with E-state index in [1.165, 1.54) is 5.56 Å². The van der Waals surface area contributed by atoms with Crippen molar-refractivity contribution in [3.63, 3.8) is 0 Å². The molecular weight excluding hydrogens is 212 g/mol. The Kier molecular flexibility index (Phi) is 2.11. The van der Waals surface area contributed by atoms with Crippen LogP contribution in [-0.2, 0) is 0 Å². The number of nitrogens with zero attached hydrogens (tertiary/aromatic N) is 2. The van der Waals surface area contributed by atoms with Crippen LogP contribution in [0, 0.1) is 6.92 Å². The van der Waals surface area contributed by atoms with E-state index in [9.17, 15) is 5.11 Å². The Bertz CT molecular complexity index is 686. The lowest BCUT2D eigenvalue weighted by molar-refractivity contribution is 0.472. The first kappa shape index (κ1) is 9.90. The van der Waals surface area contributed by atoms with Gasteiger partial charge in [0.2, 0.25) is 0 Å². The van der Waals surface area contributed by atoms with Gasteiger partial charge in [0.1, 0.15) is 11.4 Å². The number of hydrogen-bond acceptors (Lipinski definition) is 2. The second-order valence-corrected chi connectivity index (χ2v) is 4.09. The fraction of sp³-hybridized carbons (Fsp3) is 0.0714. The second-order valence-electron chi connectivity index (χ2n) is 4.09. The topological polar surface area (TPSA) is 37.5 Å². The lowest BCUT2D eigenvalue weighted by atomic mass is 10.1. The summed E-state index contributed by atoms with van der Waals surface area (Å²) in [6.07, 6.45) is 3.58. The molecule has 3 nitrogen and oxygen atoms in total. The van der Waals surface area contributed by atoms with E-state index >= 15 is 0 Å². The minimum absolute atomic E-state index is 0.242. The average Bonchev–Trinajstić information content (AvgIpc) is 2.72. The van der Waals surface area contributed by atoms with Crippen molar-refractivity contribution in [3.8, 4) is 17.0 Å². The Morgan fingerprint density at radius 3 is 2.71 bits per heavy atom. The number of hydrogen-bond donors (Lipinski definition) is 1. The van der Waals surface area contributed by atoms with E-state index in [0.717, 1.165) is 16.9 Å². The zero-order valence-electron chi connectivity index (χ0n) is 9.46. The molecule has 1 aromatic carbocycles. The SMILES string of the molecule is Cc1ccccc1-c1cn2cc(O)ccc2n1. The zero-order valence-corrected chi connectivity index (χ0v) is 9.46. The van der Waals surface area contributed by atoms with E-state index in [-0.39, 0.29) is 5.75 Å². The van der Waals surface area contributed by atoms with Crippen LogP contribution in [0.25, 0.3) is 16.9 Å². The summed E-state index contributed by atoms with van der Waals surface area (Å²) >= 11 is 0. The molecule has 84 valence electrons. The van der Waals surface area contributed by atoms with Gasteiger partial charge >= 0.3 is 0 Å². The van der Waals surface area contributed by atoms with Crippen LogP contribution < -0.4 is 0 Å². The number of rotatable bonds is 1. The molecule has 2 heterocycles. The van der Waals surface area contributed by atoms with Crippen molar-refractivity contribution in [2.75, 3.05) is 0 Å². The second kappa shape index (κ2) is 3.63. The molecule has 0 aliphatic rings. The van der Waals surface area contributed by atoms with Crippen molar-refractivity contribution in [1.29, 1.82) is 0 Å². The van der Waals surface area contributed by atoms with Gasteiger partial charge in [-0.05, 0) is 24.6 Å². The summed E-state index contributed by atoms with van der Waals surface area (Å²) in [5.74, 6) is 0.242. The van der Waals surface area contributed by atoms with Gasteiger partial charge in [0, 0.05) is 11.8 Å². The molecule has 0 aliphatic carbocycles. The molecule has 0 fully saturated rings. The van der Waals surface area contributed by atoms with Gasteiger partial charge in [-0.1, -0.05) is 24.3 Å². The molecule has 0 spiro atoms. The third-order valence-corrected chi connectivity index (χ3v) is 2.86. The highest BCUT2D eigenvalue weighted by Crippen LogP contribution is 2.23. The summed E-state index contributed by atoms with van der Waals surface area (Å²) in [7, 11) is 0. The van der Waals surface area contributed by atoms with E-state index in [1.54, 1.807) is 18.3 Å². The van der Waals surface area contributed by atoms with Crippen LogP contribution in [0.1, 0.15) is 5.56 Å². The van der Waals surface area contributed by atoms with Crippen LogP contribution in [0.2, 0.25) is 0 Å². The van der Waals surface area contributed by atoms with Crippen molar-refractivity contribution in [2.24, 2.45) is 0 Å². The highest BCUT2D eigenvalue weighted by Gasteiger charge is 2.06. The maximum absolute atomic E-state index is 9.42. The first-order valence-electron chi connectivity index (χ1n) is 5.48. The molecule has 0 unspecified atom stereocenters. The Hall–Kier alpha value is -2.29. The molecule has 3 rings (SSSR count). The number of imidazole rings is 1. The van der Waals surface area contributed by atoms with Crippen LogP contribution in [0.15, 0.2) is 48.8 Å². The Labute approximate surface area is 99.0 Å². The molecule has 0 radical (unpaired) electrons. The number of fused-ring (bicyclic) bond motifs is 1. The summed E-state index contributed by atoms with van der Waals surface area (Å²) in [6.45, 7) is 2.07. The van der Waals surface area contributed by atoms with Crippen molar-refractivity contribution in [2.45, 2.75) is 6.92 Å². The minimum Gasteiger partial charge on any atom is -0.506 e. The molecule has 0 amide bonds. The summed E-state index contributed by atoms with van der Waals surface area (Å²) in [6, 6.07) is 11.6. The van der Waals surface area contributed by atoms with Gasteiger partial charge in [0.05, 0.1) is 11.9 Å². The minimum atomic E-state index is 0.242. The maximum atomic E-state index is 9.42. The summed E-state index contributed by atoms with van der Waals surface area (Å²) in [5, 5.41) is 9.42. The number of aromatic hydroxyl groups is 1. The van der Waals surface area contributed by atoms with Crippen molar-refractivity contribution in [1.82, 2.24) is 9.38 Å². The van der Waals surface area contributed by atoms with Gasteiger partial charge < -0.3 is 9.51 Å². The quantitative estimate of drug-likeness (QED) is 0.690. The van der Waals surface area contributed by atoms with Crippen LogP contribution in [0.4, 0.5) is 0 Å². The predicted molar refractivity (Wildman–Crippen MR) is 67.0 cm³/mol. The summed E-state index contributed by atoms with van der Waals surface area (Å²) in [4.78, 5) is 4.54. The molecule has 0 atom stereocenters. The molecule has 0 saturated carbocycles. The Morgan fingerprint density at radius 2 is 1.88 bits per heavy atom. The van der Waals surface area contributed by atoms with Crippen LogP contribution in [0.3, 0.4) is 0 Å². The molecular formula is C14H12N2O. The van der Waals surface area contributed by atoms with Crippen molar-refractivity contribution in [3.05, 3.63) is 54.4 Å². The monoisotopic (exact) mass is 224 g/mol. The first-order chi connectivity index (χ1) is 8.24. The third-order valence-electron chi connectivity index (χ3n) is 2.86. The smallest absolute Gasteiger partial charge is 0.137 e. The fourth-order valence-electron chi connectivity index (χ4n) is 1.97. The maximum Gasteiger partial charge on any atom is 0.137 e. The third kappa shape index (κ3) is 1.65. The highest BCUT2D eigenvalue weighted by molar-refractivity contribution is 5.66. The molecule has 17 heavy (non-hydrogen) atoms. The molecule has 0 saturated heterocycles. The standard InChI is InChI=1S/C14H12N2O/c1-10-4-2-3-5-12(10)13-9-16-8-11(17)6-7-14(16)15-13/h2-9,17H,1H3. The number of aryl methyl sites for hydroxylation is 1. The summed E-state index contributed by atoms with van der Waals surface area (Å²) < 4.78 is 1.83. The molecule has 3 aromatic rings. The van der Waals surface area contributed by atoms with Crippen molar-refractivity contribution >= 4 is 5.65 Å². The lowest BCUT2D eigenvalue weighted by Crippen LogP contribution is -1.81. The molecule has 0 aliphatic heterocycles. The van der Waals surface area contributed by atoms with Gasteiger partial charge in [-0.2, -0.15) is 0 Å². The molecule has 2 aromatic heterocycles. The molecule has 1 N–H and O–H groups in total. The lowest BCUT2D eigenvalue weighted by Gasteiger charge is -1.99. The first-order valence-corrected chi connectivity index (χ1v) is 5.48. The van der Waals surface area contributed by atoms with Crippen molar-refractivity contribution < 1.29 is 5.11 Å². The van der Waals surface area contributed by atoms with Gasteiger partial charge in [0.25, 0.3) is 0 Å².